The van der Waals surface area contributed by atoms with Crippen LogP contribution in [0.1, 0.15) is 32.1 Å². The van der Waals surface area contributed by atoms with Crippen molar-refractivity contribution in [2.75, 3.05) is 18.0 Å². The van der Waals surface area contributed by atoms with Crippen molar-refractivity contribution in [2.24, 2.45) is 0 Å². The van der Waals surface area contributed by atoms with Gasteiger partial charge in [0.25, 0.3) is 0 Å². The molecule has 2 heterocycles. The Morgan fingerprint density at radius 2 is 1.79 bits per heavy atom. The molecule has 19 heavy (non-hydrogen) atoms. The maximum Gasteiger partial charge on any atom is 0.220 e. The van der Waals surface area contributed by atoms with Gasteiger partial charge in [0.15, 0.2) is 0 Å². The minimum Gasteiger partial charge on any atom is -0.371 e. The first-order valence-electron chi connectivity index (χ1n) is 6.98. The lowest BCUT2D eigenvalue weighted by molar-refractivity contribution is -0.125. The number of rotatable bonds is 1. The standard InChI is InChI=1S/C15H19IN2O/c16-12-3-5-13(6-4-12)18-10-8-15(9-11-18)7-1-2-14(19)17-15/h3-6H,1-2,7-11H2,(H,17,19). The monoisotopic (exact) mass is 370 g/mol. The van der Waals surface area contributed by atoms with Crippen molar-refractivity contribution in [3.05, 3.63) is 27.8 Å². The molecule has 1 aromatic carbocycles. The van der Waals surface area contributed by atoms with Crippen LogP contribution in [0.3, 0.4) is 0 Å². The van der Waals surface area contributed by atoms with Gasteiger partial charge < -0.3 is 10.2 Å². The zero-order valence-corrected chi connectivity index (χ0v) is 13.2. The lowest BCUT2D eigenvalue weighted by Crippen LogP contribution is -2.57. The van der Waals surface area contributed by atoms with E-state index in [1.54, 1.807) is 0 Å². The third-order valence-corrected chi connectivity index (χ3v) is 5.10. The number of piperidine rings is 2. The van der Waals surface area contributed by atoms with Gasteiger partial charge in [0.2, 0.25) is 5.91 Å². The summed E-state index contributed by atoms with van der Waals surface area (Å²) in [6, 6.07) is 8.70. The second kappa shape index (κ2) is 5.31. The van der Waals surface area contributed by atoms with Gasteiger partial charge in [-0.2, -0.15) is 0 Å². The molecule has 0 aliphatic carbocycles. The van der Waals surface area contributed by atoms with Crippen LogP contribution in [0.15, 0.2) is 24.3 Å². The molecule has 2 saturated heterocycles. The first kappa shape index (κ1) is 13.2. The Kier molecular flexibility index (Phi) is 3.69. The van der Waals surface area contributed by atoms with E-state index in [2.05, 4.69) is 57.1 Å². The molecule has 1 N–H and O–H groups in total. The predicted molar refractivity (Wildman–Crippen MR) is 85.3 cm³/mol. The number of benzene rings is 1. The number of hydrogen-bond acceptors (Lipinski definition) is 2. The van der Waals surface area contributed by atoms with Gasteiger partial charge in [-0.1, -0.05) is 0 Å². The summed E-state index contributed by atoms with van der Waals surface area (Å²) in [5.74, 6) is 0.244. The Hall–Kier alpha value is -0.780. The van der Waals surface area contributed by atoms with Gasteiger partial charge in [0.05, 0.1) is 0 Å². The Morgan fingerprint density at radius 1 is 1.11 bits per heavy atom. The molecule has 102 valence electrons. The van der Waals surface area contributed by atoms with Gasteiger partial charge in [-0.05, 0) is 72.5 Å². The summed E-state index contributed by atoms with van der Waals surface area (Å²) in [4.78, 5) is 14.0. The van der Waals surface area contributed by atoms with Crippen molar-refractivity contribution in [3.8, 4) is 0 Å². The quantitative estimate of drug-likeness (QED) is 0.771. The lowest BCUT2D eigenvalue weighted by atomic mass is 9.80. The number of carbonyl (C=O) groups excluding carboxylic acids is 1. The highest BCUT2D eigenvalue weighted by atomic mass is 127. The first-order valence-corrected chi connectivity index (χ1v) is 8.06. The summed E-state index contributed by atoms with van der Waals surface area (Å²) >= 11 is 2.33. The molecule has 1 spiro atoms. The molecule has 0 aromatic heterocycles. The smallest absolute Gasteiger partial charge is 0.220 e. The van der Waals surface area contributed by atoms with E-state index < -0.39 is 0 Å². The summed E-state index contributed by atoms with van der Waals surface area (Å²) in [7, 11) is 0. The Morgan fingerprint density at radius 3 is 2.42 bits per heavy atom. The van der Waals surface area contributed by atoms with E-state index in [4.69, 9.17) is 0 Å². The summed E-state index contributed by atoms with van der Waals surface area (Å²) in [6.07, 6.45) is 5.06. The molecular formula is C15H19IN2O. The average molecular weight is 370 g/mol. The first-order chi connectivity index (χ1) is 9.17. The maximum atomic E-state index is 11.6. The molecule has 0 unspecified atom stereocenters. The van der Waals surface area contributed by atoms with Crippen LogP contribution in [0.5, 0.6) is 0 Å². The molecule has 0 atom stereocenters. The Labute approximate surface area is 127 Å². The number of hydrogen-bond donors (Lipinski definition) is 1. The Balaban J connectivity index is 1.66. The number of nitrogens with one attached hydrogen (secondary N) is 1. The van der Waals surface area contributed by atoms with Crippen LogP contribution in [0.4, 0.5) is 5.69 Å². The molecule has 1 amide bonds. The SMILES string of the molecule is O=C1CCCC2(CCN(c3ccc(I)cc3)CC2)N1. The molecule has 0 bridgehead atoms. The fourth-order valence-corrected chi connectivity index (χ4v) is 3.59. The van der Waals surface area contributed by atoms with Crippen molar-refractivity contribution < 1.29 is 4.79 Å². The van der Waals surface area contributed by atoms with E-state index in [1.807, 2.05) is 0 Å². The maximum absolute atomic E-state index is 11.6. The molecule has 3 rings (SSSR count). The average Bonchev–Trinajstić information content (AvgIpc) is 2.41. The topological polar surface area (TPSA) is 32.3 Å². The molecule has 0 radical (unpaired) electrons. The molecule has 4 heteroatoms. The summed E-state index contributed by atoms with van der Waals surface area (Å²) in [5.41, 5.74) is 1.40. The van der Waals surface area contributed by atoms with Gasteiger partial charge in [-0.25, -0.2) is 0 Å². The van der Waals surface area contributed by atoms with Gasteiger partial charge in [0, 0.05) is 34.3 Å². The molecule has 1 aromatic rings. The van der Waals surface area contributed by atoms with Crippen LogP contribution in [-0.4, -0.2) is 24.5 Å². The van der Waals surface area contributed by atoms with Crippen molar-refractivity contribution >= 4 is 34.2 Å². The van der Waals surface area contributed by atoms with Crippen LogP contribution in [-0.2, 0) is 4.79 Å². The zero-order valence-electron chi connectivity index (χ0n) is 11.0. The molecule has 2 aliphatic heterocycles. The minimum absolute atomic E-state index is 0.0923. The van der Waals surface area contributed by atoms with E-state index in [0.717, 1.165) is 38.8 Å². The zero-order chi connectivity index (χ0) is 13.3. The van der Waals surface area contributed by atoms with Crippen LogP contribution in [0.25, 0.3) is 0 Å². The van der Waals surface area contributed by atoms with Gasteiger partial charge in [-0.3, -0.25) is 4.79 Å². The molecule has 3 nitrogen and oxygen atoms in total. The molecule has 2 fully saturated rings. The van der Waals surface area contributed by atoms with Gasteiger partial charge in [0.1, 0.15) is 0 Å². The number of nitrogens with zero attached hydrogens (tertiary/aromatic N) is 1. The van der Waals surface area contributed by atoms with Crippen LogP contribution >= 0.6 is 22.6 Å². The van der Waals surface area contributed by atoms with E-state index in [9.17, 15) is 4.79 Å². The van der Waals surface area contributed by atoms with Crippen molar-refractivity contribution in [2.45, 2.75) is 37.6 Å². The van der Waals surface area contributed by atoms with E-state index in [0.29, 0.717) is 6.42 Å². The van der Waals surface area contributed by atoms with E-state index in [-0.39, 0.29) is 11.4 Å². The number of amides is 1. The van der Waals surface area contributed by atoms with Crippen LogP contribution < -0.4 is 10.2 Å². The number of carbonyl (C=O) groups is 1. The van der Waals surface area contributed by atoms with Crippen LogP contribution in [0.2, 0.25) is 0 Å². The molecule has 2 aliphatic rings. The highest BCUT2D eigenvalue weighted by Gasteiger charge is 2.37. The fraction of sp³-hybridized carbons (Fsp3) is 0.533. The minimum atomic E-state index is 0.0923. The Bertz CT molecular complexity index is 464. The second-order valence-electron chi connectivity index (χ2n) is 5.65. The third-order valence-electron chi connectivity index (χ3n) is 4.38. The summed E-state index contributed by atoms with van der Waals surface area (Å²) < 4.78 is 1.27. The number of halogens is 1. The second-order valence-corrected chi connectivity index (χ2v) is 6.89. The van der Waals surface area contributed by atoms with Crippen molar-refractivity contribution in [1.82, 2.24) is 5.32 Å². The summed E-state index contributed by atoms with van der Waals surface area (Å²) in [6.45, 7) is 2.09. The van der Waals surface area contributed by atoms with Crippen LogP contribution in [0, 0.1) is 3.57 Å². The van der Waals surface area contributed by atoms with Crippen molar-refractivity contribution in [1.29, 1.82) is 0 Å². The van der Waals surface area contributed by atoms with Gasteiger partial charge in [-0.15, -0.1) is 0 Å². The highest BCUT2D eigenvalue weighted by Crippen LogP contribution is 2.32. The summed E-state index contributed by atoms with van der Waals surface area (Å²) in [5, 5.41) is 3.25. The number of anilines is 1. The van der Waals surface area contributed by atoms with E-state index in [1.165, 1.54) is 9.26 Å². The normalized spacial score (nSPS) is 22.4. The largest absolute Gasteiger partial charge is 0.371 e. The third kappa shape index (κ3) is 2.88. The van der Waals surface area contributed by atoms with Crippen molar-refractivity contribution in [3.63, 3.8) is 0 Å². The fourth-order valence-electron chi connectivity index (χ4n) is 3.23. The predicted octanol–water partition coefficient (Wildman–Crippen LogP) is 2.93. The lowest BCUT2D eigenvalue weighted by Gasteiger charge is -2.45. The molecular weight excluding hydrogens is 351 g/mol. The highest BCUT2D eigenvalue weighted by molar-refractivity contribution is 14.1. The van der Waals surface area contributed by atoms with Gasteiger partial charge >= 0.3 is 0 Å². The van der Waals surface area contributed by atoms with E-state index >= 15 is 0 Å². The molecule has 0 saturated carbocycles.